The molecular weight excluding hydrogens is 401 g/mol. The maximum absolute atomic E-state index is 13.9. The zero-order valence-electron chi connectivity index (χ0n) is 17.4. The molecule has 8 heteroatoms. The molecule has 0 spiro atoms. The molecule has 0 unspecified atom stereocenters. The first-order chi connectivity index (χ1) is 14.9. The van der Waals surface area contributed by atoms with E-state index in [1.54, 1.807) is 25.3 Å². The monoisotopic (exact) mass is 427 g/mol. The lowest BCUT2D eigenvalue weighted by Gasteiger charge is -2.24. The summed E-state index contributed by atoms with van der Waals surface area (Å²) in [7, 11) is 1.54. The number of hydrogen-bond donors (Lipinski definition) is 2. The van der Waals surface area contributed by atoms with E-state index in [2.05, 4.69) is 10.2 Å². The second kappa shape index (κ2) is 8.93. The van der Waals surface area contributed by atoms with Crippen LogP contribution in [0.5, 0.6) is 11.5 Å². The molecule has 3 N–H and O–H groups in total. The summed E-state index contributed by atoms with van der Waals surface area (Å²) < 4.78 is 25.0. The molecule has 2 aromatic carbocycles. The quantitative estimate of drug-likeness (QED) is 0.706. The van der Waals surface area contributed by atoms with Gasteiger partial charge < -0.3 is 20.5 Å². The van der Waals surface area contributed by atoms with Gasteiger partial charge in [-0.25, -0.2) is 4.39 Å². The highest BCUT2D eigenvalue weighted by Gasteiger charge is 2.34. The molecule has 2 bridgehead atoms. The van der Waals surface area contributed by atoms with Gasteiger partial charge in [0.05, 0.1) is 13.0 Å². The highest BCUT2D eigenvalue weighted by Crippen LogP contribution is 2.35. The molecule has 0 aromatic heterocycles. The number of methoxy groups -OCH3 is 1. The molecule has 2 atom stereocenters. The third kappa shape index (κ3) is 4.80. The van der Waals surface area contributed by atoms with Crippen LogP contribution in [-0.2, 0) is 16.1 Å². The van der Waals surface area contributed by atoms with Gasteiger partial charge in [-0.1, -0.05) is 6.07 Å². The van der Waals surface area contributed by atoms with Crippen LogP contribution in [0.4, 0.5) is 4.39 Å². The van der Waals surface area contributed by atoms with Crippen LogP contribution in [0.25, 0.3) is 11.1 Å². The molecular formula is C23H26FN3O4. The topological polar surface area (TPSA) is 93.9 Å². The average Bonchev–Trinajstić information content (AvgIpc) is 3.02. The number of fused-ring (bicyclic) bond motifs is 4. The first-order valence-corrected chi connectivity index (χ1v) is 10.3. The fraction of sp³-hybridized carbons (Fsp3) is 0.391. The van der Waals surface area contributed by atoms with Gasteiger partial charge in [0.15, 0.2) is 6.61 Å². The van der Waals surface area contributed by atoms with E-state index in [1.165, 1.54) is 12.1 Å². The molecule has 164 valence electrons. The van der Waals surface area contributed by atoms with Crippen LogP contribution >= 0.6 is 0 Å². The molecule has 3 aliphatic heterocycles. The summed E-state index contributed by atoms with van der Waals surface area (Å²) in [4.78, 5) is 25.7. The number of carbonyl (C=O) groups excluding carboxylic acids is 2. The van der Waals surface area contributed by atoms with Crippen LogP contribution in [0.3, 0.4) is 0 Å². The molecule has 3 fully saturated rings. The first-order valence-electron chi connectivity index (χ1n) is 10.3. The molecule has 31 heavy (non-hydrogen) atoms. The van der Waals surface area contributed by atoms with Crippen LogP contribution < -0.4 is 20.5 Å². The summed E-state index contributed by atoms with van der Waals surface area (Å²) in [5.41, 5.74) is 7.48. The lowest BCUT2D eigenvalue weighted by molar-refractivity contribution is -0.127. The number of rotatable bonds is 7. The van der Waals surface area contributed by atoms with Crippen molar-refractivity contribution in [2.45, 2.75) is 25.4 Å². The van der Waals surface area contributed by atoms with E-state index in [4.69, 9.17) is 15.2 Å². The number of nitrogens with zero attached hydrogens (tertiary/aromatic N) is 1. The molecule has 5 rings (SSSR count). The molecule has 3 heterocycles. The summed E-state index contributed by atoms with van der Waals surface area (Å²) in [6, 6.07) is 9.97. The van der Waals surface area contributed by atoms with E-state index < -0.39 is 5.91 Å². The molecule has 3 aliphatic rings. The Balaban J connectivity index is 1.67. The van der Waals surface area contributed by atoms with Gasteiger partial charge in [-0.2, -0.15) is 0 Å². The summed E-state index contributed by atoms with van der Waals surface area (Å²) in [5, 5.41) is 3.08. The zero-order chi connectivity index (χ0) is 22.0. The molecule has 2 aromatic rings. The van der Waals surface area contributed by atoms with E-state index in [0.717, 1.165) is 30.5 Å². The molecule has 7 nitrogen and oxygen atoms in total. The van der Waals surface area contributed by atoms with Crippen molar-refractivity contribution >= 4 is 11.8 Å². The maximum atomic E-state index is 13.9. The minimum absolute atomic E-state index is 0.0276. The fourth-order valence-corrected chi connectivity index (χ4v) is 4.37. The molecule has 0 saturated carbocycles. The predicted octanol–water partition coefficient (Wildman–Crippen LogP) is 2.08. The molecule has 0 aliphatic carbocycles. The van der Waals surface area contributed by atoms with Crippen molar-refractivity contribution in [1.82, 2.24) is 10.2 Å². The lowest BCUT2D eigenvalue weighted by Crippen LogP contribution is -2.43. The normalized spacial score (nSPS) is 20.8. The average molecular weight is 427 g/mol. The fourth-order valence-electron chi connectivity index (χ4n) is 4.37. The van der Waals surface area contributed by atoms with Crippen LogP contribution in [0.15, 0.2) is 36.4 Å². The van der Waals surface area contributed by atoms with Crippen molar-refractivity contribution in [1.29, 1.82) is 0 Å². The van der Waals surface area contributed by atoms with Gasteiger partial charge in [0.25, 0.3) is 5.91 Å². The number of halogens is 1. The Hall–Kier alpha value is -3.13. The summed E-state index contributed by atoms with van der Waals surface area (Å²) in [6.45, 7) is 1.69. The highest BCUT2D eigenvalue weighted by atomic mass is 19.1. The van der Waals surface area contributed by atoms with Crippen molar-refractivity contribution in [3.63, 3.8) is 0 Å². The Bertz CT molecular complexity index is 997. The SMILES string of the molecule is COc1ccc(F)cc1-c1ccc(OCC(N)=O)c(CN2C[C@@H]3CC[C@H](C2)C(=O)N3)c1. The maximum Gasteiger partial charge on any atom is 0.255 e. The number of benzene rings is 2. The van der Waals surface area contributed by atoms with E-state index in [1.807, 2.05) is 6.07 Å². The van der Waals surface area contributed by atoms with Crippen molar-refractivity contribution in [2.75, 3.05) is 26.8 Å². The minimum atomic E-state index is -0.565. The molecule has 3 saturated heterocycles. The Labute approximate surface area is 180 Å². The van der Waals surface area contributed by atoms with Crippen LogP contribution in [0.2, 0.25) is 0 Å². The van der Waals surface area contributed by atoms with Gasteiger partial charge in [0.2, 0.25) is 5.91 Å². The van der Waals surface area contributed by atoms with Crippen LogP contribution in [0.1, 0.15) is 18.4 Å². The van der Waals surface area contributed by atoms with Gasteiger partial charge >= 0.3 is 0 Å². The third-order valence-electron chi connectivity index (χ3n) is 5.83. The Morgan fingerprint density at radius 1 is 1.19 bits per heavy atom. The van der Waals surface area contributed by atoms with Crippen molar-refractivity contribution < 1.29 is 23.5 Å². The van der Waals surface area contributed by atoms with Gasteiger partial charge in [-0.05, 0) is 48.7 Å². The number of carbonyl (C=O) groups is 2. The van der Waals surface area contributed by atoms with Crippen molar-refractivity contribution in [3.8, 4) is 22.6 Å². The van der Waals surface area contributed by atoms with Gasteiger partial charge in [0.1, 0.15) is 17.3 Å². The number of nitrogens with two attached hydrogens (primary N) is 1. The van der Waals surface area contributed by atoms with E-state index in [0.29, 0.717) is 30.2 Å². The number of primary amides is 1. The van der Waals surface area contributed by atoms with Gasteiger partial charge in [-0.3, -0.25) is 14.5 Å². The first kappa shape index (κ1) is 21.1. The standard InChI is InChI=1S/C23H26FN3O4/c1-30-21-7-4-17(24)9-19(21)14-3-6-20(31-13-22(25)28)16(8-14)11-27-10-15-2-5-18(12-27)26-23(15)29/h3-4,6-9,15,18H,2,5,10-13H2,1H3,(H2,25,28)(H,26,29)/t15-,18+/m1/s1. The summed E-state index contributed by atoms with van der Waals surface area (Å²) in [6.07, 6.45) is 1.86. The Kier molecular flexibility index (Phi) is 6.08. The molecule has 0 radical (unpaired) electrons. The third-order valence-corrected chi connectivity index (χ3v) is 5.83. The molecule has 2 amide bonds. The summed E-state index contributed by atoms with van der Waals surface area (Å²) in [5.74, 6) is 0.251. The van der Waals surface area contributed by atoms with Crippen LogP contribution in [0, 0.1) is 11.7 Å². The Morgan fingerprint density at radius 3 is 2.74 bits per heavy atom. The zero-order valence-corrected chi connectivity index (χ0v) is 17.4. The van der Waals surface area contributed by atoms with Crippen molar-refractivity contribution in [3.05, 3.63) is 47.8 Å². The largest absolute Gasteiger partial charge is 0.496 e. The second-order valence-electron chi connectivity index (χ2n) is 8.10. The highest BCUT2D eigenvalue weighted by molar-refractivity contribution is 5.80. The predicted molar refractivity (Wildman–Crippen MR) is 113 cm³/mol. The minimum Gasteiger partial charge on any atom is -0.496 e. The lowest BCUT2D eigenvalue weighted by atomic mass is 9.96. The van der Waals surface area contributed by atoms with Crippen LogP contribution in [-0.4, -0.2) is 49.6 Å². The van der Waals surface area contributed by atoms with Crippen molar-refractivity contribution in [2.24, 2.45) is 11.7 Å². The number of piperidine rings is 1. The second-order valence-corrected chi connectivity index (χ2v) is 8.10. The van der Waals surface area contributed by atoms with Gasteiger partial charge in [0, 0.05) is 36.8 Å². The van der Waals surface area contributed by atoms with E-state index in [9.17, 15) is 14.0 Å². The van der Waals surface area contributed by atoms with E-state index in [-0.39, 0.29) is 30.3 Å². The Morgan fingerprint density at radius 2 is 2.00 bits per heavy atom. The smallest absolute Gasteiger partial charge is 0.255 e. The number of nitrogens with one attached hydrogen (secondary N) is 1. The van der Waals surface area contributed by atoms with E-state index >= 15 is 0 Å². The van der Waals surface area contributed by atoms with Gasteiger partial charge in [-0.15, -0.1) is 0 Å². The number of ether oxygens (including phenoxy) is 2. The number of amides is 2. The summed E-state index contributed by atoms with van der Waals surface area (Å²) >= 11 is 0. The number of hydrogen-bond acceptors (Lipinski definition) is 5.